The zero-order chi connectivity index (χ0) is 16.8. The first kappa shape index (κ1) is 17.2. The van der Waals surface area contributed by atoms with Crippen LogP contribution in [0.3, 0.4) is 0 Å². The van der Waals surface area contributed by atoms with Crippen LogP contribution in [0.15, 0.2) is 35.1 Å². The number of rotatable bonds is 7. The van der Waals surface area contributed by atoms with E-state index in [-0.39, 0.29) is 17.5 Å². The molecule has 1 N–H and O–H groups in total. The van der Waals surface area contributed by atoms with Gasteiger partial charge in [-0.25, -0.2) is 0 Å². The van der Waals surface area contributed by atoms with Gasteiger partial charge in [0.2, 0.25) is 0 Å². The number of hydrogen-bond donors (Lipinski definition) is 1. The number of aromatic nitrogens is 1. The Morgan fingerprint density at radius 1 is 1.26 bits per heavy atom. The number of aromatic amines is 1. The molecule has 23 heavy (non-hydrogen) atoms. The molecule has 0 bridgehead atoms. The lowest BCUT2D eigenvalue weighted by Crippen LogP contribution is -2.42. The Bertz CT molecular complexity index is 720. The number of ether oxygens (including phenoxy) is 1. The molecule has 5 heteroatoms. The first-order chi connectivity index (χ1) is 11.1. The molecule has 0 atom stereocenters. The van der Waals surface area contributed by atoms with Gasteiger partial charge in [0.05, 0.1) is 6.61 Å². The lowest BCUT2D eigenvalue weighted by molar-refractivity contribution is 0.0583. The summed E-state index contributed by atoms with van der Waals surface area (Å²) in [6, 6.07) is 9.16. The van der Waals surface area contributed by atoms with Gasteiger partial charge >= 0.3 is 0 Å². The molecule has 5 nitrogen and oxygen atoms in total. The molecule has 0 aliphatic heterocycles. The van der Waals surface area contributed by atoms with E-state index in [2.05, 4.69) is 18.8 Å². The van der Waals surface area contributed by atoms with Crippen molar-refractivity contribution in [2.45, 2.75) is 32.7 Å². The van der Waals surface area contributed by atoms with E-state index < -0.39 is 0 Å². The molecule has 0 aliphatic carbocycles. The maximum absolute atomic E-state index is 12.9. The van der Waals surface area contributed by atoms with E-state index in [1.165, 1.54) is 0 Å². The lowest BCUT2D eigenvalue weighted by Gasteiger charge is -2.30. The molecule has 0 saturated carbocycles. The first-order valence-corrected chi connectivity index (χ1v) is 8.04. The minimum Gasteiger partial charge on any atom is -0.383 e. The summed E-state index contributed by atoms with van der Waals surface area (Å²) in [5, 5.41) is 1.37. The van der Waals surface area contributed by atoms with Gasteiger partial charge in [-0.05, 0) is 30.4 Å². The predicted octanol–water partition coefficient (Wildman–Crippen LogP) is 2.81. The molecule has 2 rings (SSSR count). The van der Waals surface area contributed by atoms with Gasteiger partial charge in [0, 0.05) is 25.1 Å². The average Bonchev–Trinajstić information content (AvgIpc) is 2.58. The Kier molecular flexibility index (Phi) is 5.93. The van der Waals surface area contributed by atoms with Crippen LogP contribution < -0.4 is 5.56 Å². The summed E-state index contributed by atoms with van der Waals surface area (Å²) in [6.45, 7) is 5.10. The van der Waals surface area contributed by atoms with Crippen LogP contribution in [0.25, 0.3) is 10.8 Å². The van der Waals surface area contributed by atoms with Crippen LogP contribution in [-0.4, -0.2) is 42.1 Å². The standard InChI is InChI=1S/C18H24N2O3/c1-4-14(5-2)20(10-11-23-3)18(22)16-12-13-8-6-7-9-15(13)17(21)19-16/h6-9,12,14H,4-5,10-11H2,1-3H3,(H,19,21). The van der Waals surface area contributed by atoms with Crippen LogP contribution in [0.1, 0.15) is 37.2 Å². The van der Waals surface area contributed by atoms with Crippen LogP contribution in [0, 0.1) is 0 Å². The van der Waals surface area contributed by atoms with Crippen LogP contribution >= 0.6 is 0 Å². The topological polar surface area (TPSA) is 62.4 Å². The second-order valence-electron chi connectivity index (χ2n) is 5.56. The van der Waals surface area contributed by atoms with Crippen molar-refractivity contribution in [3.8, 4) is 0 Å². The fourth-order valence-electron chi connectivity index (χ4n) is 2.85. The predicted molar refractivity (Wildman–Crippen MR) is 91.9 cm³/mol. The monoisotopic (exact) mass is 316 g/mol. The van der Waals surface area contributed by atoms with Gasteiger partial charge in [-0.2, -0.15) is 0 Å². The molecule has 0 spiro atoms. The van der Waals surface area contributed by atoms with E-state index in [0.29, 0.717) is 24.2 Å². The van der Waals surface area contributed by atoms with E-state index in [9.17, 15) is 9.59 Å². The van der Waals surface area contributed by atoms with Crippen molar-refractivity contribution < 1.29 is 9.53 Å². The van der Waals surface area contributed by atoms with Crippen molar-refractivity contribution in [2.75, 3.05) is 20.3 Å². The summed E-state index contributed by atoms with van der Waals surface area (Å²) < 4.78 is 5.13. The molecule has 1 aromatic heterocycles. The lowest BCUT2D eigenvalue weighted by atomic mass is 10.1. The van der Waals surface area contributed by atoms with Gasteiger partial charge in [0.1, 0.15) is 5.69 Å². The quantitative estimate of drug-likeness (QED) is 0.854. The number of nitrogens with zero attached hydrogens (tertiary/aromatic N) is 1. The molecule has 0 unspecified atom stereocenters. The van der Waals surface area contributed by atoms with Crippen molar-refractivity contribution in [1.29, 1.82) is 0 Å². The van der Waals surface area contributed by atoms with Crippen LogP contribution in [0.5, 0.6) is 0 Å². The fraction of sp³-hybridized carbons (Fsp3) is 0.444. The number of methoxy groups -OCH3 is 1. The van der Waals surface area contributed by atoms with Gasteiger partial charge in [0.25, 0.3) is 11.5 Å². The number of carbonyl (C=O) groups is 1. The third-order valence-corrected chi connectivity index (χ3v) is 4.16. The van der Waals surface area contributed by atoms with Crippen molar-refractivity contribution in [1.82, 2.24) is 9.88 Å². The molecule has 0 saturated heterocycles. The van der Waals surface area contributed by atoms with E-state index in [4.69, 9.17) is 4.74 Å². The normalized spacial score (nSPS) is 11.1. The highest BCUT2D eigenvalue weighted by atomic mass is 16.5. The number of nitrogens with one attached hydrogen (secondary N) is 1. The minimum atomic E-state index is -0.234. The zero-order valence-corrected chi connectivity index (χ0v) is 14.0. The number of fused-ring (bicyclic) bond motifs is 1. The van der Waals surface area contributed by atoms with Gasteiger partial charge in [0.15, 0.2) is 0 Å². The Morgan fingerprint density at radius 2 is 1.96 bits per heavy atom. The Labute approximate surface area is 136 Å². The summed E-state index contributed by atoms with van der Waals surface area (Å²) in [6.07, 6.45) is 1.73. The van der Waals surface area contributed by atoms with Gasteiger partial charge in [-0.3, -0.25) is 9.59 Å². The molecule has 0 fully saturated rings. The summed E-state index contributed by atoms with van der Waals surface area (Å²) in [4.78, 5) is 29.6. The van der Waals surface area contributed by atoms with Crippen LogP contribution in [0.4, 0.5) is 0 Å². The van der Waals surface area contributed by atoms with E-state index in [1.807, 2.05) is 18.2 Å². The number of pyridine rings is 1. The minimum absolute atomic E-state index is 0.132. The number of amides is 1. The zero-order valence-electron chi connectivity index (χ0n) is 14.0. The van der Waals surface area contributed by atoms with Crippen molar-refractivity contribution >= 4 is 16.7 Å². The van der Waals surface area contributed by atoms with Crippen LogP contribution in [-0.2, 0) is 4.74 Å². The fourth-order valence-corrected chi connectivity index (χ4v) is 2.85. The Balaban J connectivity index is 2.40. The van der Waals surface area contributed by atoms with Crippen molar-refractivity contribution in [3.63, 3.8) is 0 Å². The molecule has 1 amide bonds. The second kappa shape index (κ2) is 7.92. The maximum atomic E-state index is 12.9. The van der Waals surface area contributed by atoms with E-state index >= 15 is 0 Å². The highest BCUT2D eigenvalue weighted by Gasteiger charge is 2.23. The molecule has 0 aliphatic rings. The SMILES string of the molecule is CCC(CC)N(CCOC)C(=O)c1cc2ccccc2c(=O)[nH]1. The second-order valence-corrected chi connectivity index (χ2v) is 5.56. The highest BCUT2D eigenvalue weighted by molar-refractivity contribution is 5.96. The Morgan fingerprint density at radius 3 is 2.61 bits per heavy atom. The molecule has 1 heterocycles. The third-order valence-electron chi connectivity index (χ3n) is 4.16. The number of carbonyl (C=O) groups excluding carboxylic acids is 1. The average molecular weight is 316 g/mol. The first-order valence-electron chi connectivity index (χ1n) is 8.04. The van der Waals surface area contributed by atoms with Crippen LogP contribution in [0.2, 0.25) is 0 Å². The molecular formula is C18H24N2O3. The molecule has 0 radical (unpaired) electrons. The molecule has 124 valence electrons. The van der Waals surface area contributed by atoms with Gasteiger partial charge < -0.3 is 14.6 Å². The van der Waals surface area contributed by atoms with Crippen molar-refractivity contribution in [2.24, 2.45) is 0 Å². The summed E-state index contributed by atoms with van der Waals surface area (Å²) in [5.41, 5.74) is 0.0967. The largest absolute Gasteiger partial charge is 0.383 e. The van der Waals surface area contributed by atoms with E-state index in [0.717, 1.165) is 18.2 Å². The Hall–Kier alpha value is -2.14. The summed E-state index contributed by atoms with van der Waals surface area (Å²) in [7, 11) is 1.62. The number of benzene rings is 1. The van der Waals surface area contributed by atoms with Gasteiger partial charge in [-0.15, -0.1) is 0 Å². The molecular weight excluding hydrogens is 292 g/mol. The van der Waals surface area contributed by atoms with E-state index in [1.54, 1.807) is 24.1 Å². The van der Waals surface area contributed by atoms with Crippen molar-refractivity contribution in [3.05, 3.63) is 46.4 Å². The van der Waals surface area contributed by atoms with Gasteiger partial charge in [-0.1, -0.05) is 32.0 Å². The summed E-state index contributed by atoms with van der Waals surface area (Å²) >= 11 is 0. The number of hydrogen-bond acceptors (Lipinski definition) is 3. The molecule has 2 aromatic rings. The summed E-state index contributed by atoms with van der Waals surface area (Å²) in [5.74, 6) is -0.154. The number of H-pyrrole nitrogens is 1. The molecule has 1 aromatic carbocycles. The smallest absolute Gasteiger partial charge is 0.270 e. The maximum Gasteiger partial charge on any atom is 0.270 e. The highest BCUT2D eigenvalue weighted by Crippen LogP contribution is 2.15. The third kappa shape index (κ3) is 3.79.